The second kappa shape index (κ2) is 22.9. The number of nitrogens with zero attached hydrogens (tertiary/aromatic N) is 2. The summed E-state index contributed by atoms with van der Waals surface area (Å²) in [6.45, 7) is 13.5. The van der Waals surface area contributed by atoms with Crippen LogP contribution in [0.3, 0.4) is 0 Å². The van der Waals surface area contributed by atoms with Crippen LogP contribution in [0.1, 0.15) is 149 Å². The lowest BCUT2D eigenvalue weighted by Gasteiger charge is -2.33. The van der Waals surface area contributed by atoms with Gasteiger partial charge in [-0.3, -0.25) is 0 Å². The fraction of sp³-hybridized carbons (Fsp3) is 0.238. The average Bonchev–Trinajstić information content (AvgIpc) is 0.772. The van der Waals surface area contributed by atoms with Crippen molar-refractivity contribution in [2.45, 2.75) is 129 Å². The summed E-state index contributed by atoms with van der Waals surface area (Å²) in [6, 6.07) is 79.1. The minimum Gasteiger partial charge on any atom is -0.505 e. The quantitative estimate of drug-likeness (QED) is 0.117. The van der Waals surface area contributed by atoms with Gasteiger partial charge in [-0.2, -0.15) is 0 Å². The molecule has 0 amide bonds. The lowest BCUT2D eigenvalue weighted by Crippen LogP contribution is -2.15. The predicted octanol–water partition coefficient (Wildman–Crippen LogP) is 25.1. The maximum atomic E-state index is 13.3. The van der Waals surface area contributed by atoms with E-state index < -0.39 is 0 Å². The molecule has 2 fully saturated rings. The van der Waals surface area contributed by atoms with Crippen LogP contribution in [0.25, 0.3) is 87.6 Å². The van der Waals surface area contributed by atoms with Crippen LogP contribution < -0.4 is 9.80 Å². The molecule has 0 bridgehead atoms. The van der Waals surface area contributed by atoms with Crippen LogP contribution in [0.15, 0.2) is 217 Å². The number of hydrogen-bond acceptors (Lipinski definition) is 4. The Labute approximate surface area is 519 Å². The molecule has 0 spiro atoms. The van der Waals surface area contributed by atoms with Gasteiger partial charge in [-0.15, -0.1) is 0 Å². The van der Waals surface area contributed by atoms with E-state index in [9.17, 15) is 5.11 Å². The highest BCUT2D eigenvalue weighted by Crippen LogP contribution is 2.56. The van der Waals surface area contributed by atoms with Crippen molar-refractivity contribution in [3.8, 4) is 39.1 Å². The number of benzene rings is 12. The van der Waals surface area contributed by atoms with Gasteiger partial charge in [-0.05, 0) is 195 Å². The molecule has 88 heavy (non-hydrogen) atoms. The number of furan rings is 1. The van der Waals surface area contributed by atoms with Gasteiger partial charge in [0.25, 0.3) is 0 Å². The van der Waals surface area contributed by atoms with Crippen LogP contribution in [-0.4, -0.2) is 5.11 Å². The first-order valence-electron chi connectivity index (χ1n) is 32.6. The molecular weight excluding hydrogens is 1070 g/mol. The maximum Gasteiger partial charge on any atom is 0.159 e. The van der Waals surface area contributed by atoms with Crippen molar-refractivity contribution in [3.05, 3.63) is 246 Å². The van der Waals surface area contributed by atoms with E-state index in [0.717, 1.165) is 110 Å². The molecular formula is C84H78N2O2. The van der Waals surface area contributed by atoms with Gasteiger partial charge in [0.1, 0.15) is 11.3 Å². The zero-order valence-electron chi connectivity index (χ0n) is 51.8. The van der Waals surface area contributed by atoms with Crippen molar-refractivity contribution < 1.29 is 9.52 Å². The minimum absolute atomic E-state index is 0.259. The number of phenolic OH excluding ortho intramolecular Hbond substituents is 1. The number of para-hydroxylation sites is 3. The van der Waals surface area contributed by atoms with Gasteiger partial charge in [0.2, 0.25) is 0 Å². The molecule has 0 atom stereocenters. The Balaban J connectivity index is 1.01. The number of phenols is 1. The summed E-state index contributed by atoms with van der Waals surface area (Å²) in [5.41, 5.74) is 22.2. The second-order valence-electron chi connectivity index (χ2n) is 26.2. The molecule has 12 aromatic carbocycles. The summed E-state index contributed by atoms with van der Waals surface area (Å²) in [7, 11) is 0. The van der Waals surface area contributed by atoms with Crippen molar-refractivity contribution in [3.63, 3.8) is 0 Å². The number of aromatic hydroxyl groups is 1. The third-order valence-corrected chi connectivity index (χ3v) is 20.0. The molecule has 13 aromatic rings. The van der Waals surface area contributed by atoms with Crippen LogP contribution in [-0.2, 0) is 0 Å². The first kappa shape index (κ1) is 55.5. The van der Waals surface area contributed by atoms with Gasteiger partial charge in [0.05, 0.1) is 22.7 Å². The number of aryl methyl sites for hydroxylation is 2. The van der Waals surface area contributed by atoms with E-state index in [-0.39, 0.29) is 5.75 Å². The summed E-state index contributed by atoms with van der Waals surface area (Å²) in [5, 5.41) is 23.2. The molecule has 0 radical (unpaired) electrons. The first-order chi connectivity index (χ1) is 43.1. The second-order valence-corrected chi connectivity index (χ2v) is 26.2. The van der Waals surface area contributed by atoms with Gasteiger partial charge in [0.15, 0.2) is 5.58 Å². The summed E-state index contributed by atoms with van der Waals surface area (Å²) < 4.78 is 7.46. The molecule has 2 saturated carbocycles. The third-order valence-electron chi connectivity index (χ3n) is 20.0. The Morgan fingerprint density at radius 2 is 0.807 bits per heavy atom. The molecule has 1 heterocycles. The monoisotopic (exact) mass is 1150 g/mol. The molecule has 0 aliphatic heterocycles. The Morgan fingerprint density at radius 1 is 0.364 bits per heavy atom. The van der Waals surface area contributed by atoms with Crippen molar-refractivity contribution in [1.82, 2.24) is 0 Å². The van der Waals surface area contributed by atoms with E-state index in [4.69, 9.17) is 4.42 Å². The summed E-state index contributed by atoms with van der Waals surface area (Å²) >= 11 is 0. The smallest absolute Gasteiger partial charge is 0.159 e. The molecule has 15 rings (SSSR count). The molecule has 4 heteroatoms. The van der Waals surface area contributed by atoms with Gasteiger partial charge in [-0.25, -0.2) is 0 Å². The largest absolute Gasteiger partial charge is 0.505 e. The molecule has 4 nitrogen and oxygen atoms in total. The van der Waals surface area contributed by atoms with E-state index >= 15 is 0 Å². The van der Waals surface area contributed by atoms with Crippen LogP contribution in [0.5, 0.6) is 5.75 Å². The molecule has 2 aliphatic rings. The molecule has 436 valence electrons. The Morgan fingerprint density at radius 3 is 1.39 bits per heavy atom. The van der Waals surface area contributed by atoms with E-state index in [1.807, 2.05) is 0 Å². The predicted molar refractivity (Wildman–Crippen MR) is 374 cm³/mol. The summed E-state index contributed by atoms with van der Waals surface area (Å²) in [4.78, 5) is 4.93. The first-order valence-corrected chi connectivity index (χ1v) is 32.6. The lowest BCUT2D eigenvalue weighted by molar-refractivity contribution is 0.445. The number of hydrogen-bond donors (Lipinski definition) is 1. The van der Waals surface area contributed by atoms with E-state index in [0.29, 0.717) is 23.7 Å². The van der Waals surface area contributed by atoms with Gasteiger partial charge < -0.3 is 19.3 Å². The van der Waals surface area contributed by atoms with Gasteiger partial charge in [0, 0.05) is 44.0 Å². The van der Waals surface area contributed by atoms with E-state index in [1.54, 1.807) is 0 Å². The Bertz CT molecular complexity index is 4780. The molecule has 2 aliphatic carbocycles. The Kier molecular flexibility index (Phi) is 14.4. The van der Waals surface area contributed by atoms with E-state index in [1.165, 1.54) is 110 Å². The van der Waals surface area contributed by atoms with Crippen LogP contribution >= 0.6 is 0 Å². The zero-order valence-corrected chi connectivity index (χ0v) is 51.8. The highest BCUT2D eigenvalue weighted by molar-refractivity contribution is 6.30. The SMILES string of the molecule is Cc1cccc(N(c2cccc(-c3cccc(-c4ccccc4C(C)C)c3)c2O)c2cc(C3CCCCC3)c3ccc4c(N(c5cccc(C)c5)c5cccc6c5oc5c(-c7ccccc7C(C)C)cccc56)cc(C5CCCCC5)c5ccc2c3c54)c1. The molecule has 0 saturated heterocycles. The summed E-state index contributed by atoms with van der Waals surface area (Å²) in [6.07, 6.45) is 12.0. The highest BCUT2D eigenvalue weighted by Gasteiger charge is 2.32. The normalized spacial score (nSPS) is 14.4. The van der Waals surface area contributed by atoms with Crippen LogP contribution in [0.2, 0.25) is 0 Å². The van der Waals surface area contributed by atoms with Crippen molar-refractivity contribution in [2.75, 3.05) is 9.80 Å². The van der Waals surface area contributed by atoms with Gasteiger partial charge >= 0.3 is 0 Å². The number of rotatable bonds is 13. The minimum atomic E-state index is 0.259. The van der Waals surface area contributed by atoms with Crippen molar-refractivity contribution >= 4 is 88.4 Å². The van der Waals surface area contributed by atoms with Gasteiger partial charge in [-0.1, -0.05) is 224 Å². The standard InChI is InChI=1S/C84H78N2O2/c1-52(2)62-33-13-15-35-64(62)58-29-19-30-59(49-58)65-37-21-41-76(82(65)87)85(60-31-17-23-54(5)47-60)78-50-74(56-25-9-7-10-26-56)67-44-46-73-79(51-75(57-27-11-8-12-28-57)68-43-45-72(78)80(67)81(68)73)86(61-32-18-24-55(6)48-61)77-42-22-40-71-70-39-20-38-69(83(70)88-84(71)77)66-36-16-14-34-63(66)53(3)4/h13-24,29-53,56-57,87H,7-12,25-28H2,1-6H3. The lowest BCUT2D eigenvalue weighted by atomic mass is 9.77. The van der Waals surface area contributed by atoms with Crippen molar-refractivity contribution in [1.29, 1.82) is 0 Å². The molecule has 0 unspecified atom stereocenters. The highest BCUT2D eigenvalue weighted by atomic mass is 16.3. The zero-order chi connectivity index (χ0) is 59.7. The number of fused-ring (bicyclic) bond motifs is 3. The Hall–Kier alpha value is -9.12. The molecule has 1 aromatic heterocycles. The van der Waals surface area contributed by atoms with E-state index in [2.05, 4.69) is 264 Å². The van der Waals surface area contributed by atoms with Crippen LogP contribution in [0.4, 0.5) is 34.1 Å². The molecule has 1 N–H and O–H groups in total. The summed E-state index contributed by atoms with van der Waals surface area (Å²) in [5.74, 6) is 1.76. The van der Waals surface area contributed by atoms with Crippen molar-refractivity contribution in [2.24, 2.45) is 0 Å². The third kappa shape index (κ3) is 9.59. The maximum absolute atomic E-state index is 13.3. The fourth-order valence-corrected chi connectivity index (χ4v) is 15.7. The number of anilines is 6. The van der Waals surface area contributed by atoms with Crippen LogP contribution in [0, 0.1) is 13.8 Å². The topological polar surface area (TPSA) is 39.9 Å². The fourth-order valence-electron chi connectivity index (χ4n) is 15.7. The average molecular weight is 1150 g/mol.